The van der Waals surface area contributed by atoms with E-state index in [-0.39, 0.29) is 11.9 Å². The molecule has 0 aliphatic heterocycles. The number of pyridine rings is 1. The van der Waals surface area contributed by atoms with Crippen LogP contribution in [0, 0.1) is 0 Å². The van der Waals surface area contributed by atoms with E-state index >= 15 is 0 Å². The Hall–Kier alpha value is -4.24. The number of rotatable bonds is 6. The van der Waals surface area contributed by atoms with Crippen LogP contribution in [0.3, 0.4) is 0 Å². The van der Waals surface area contributed by atoms with Crippen LogP contribution in [-0.4, -0.2) is 40.3 Å². The van der Waals surface area contributed by atoms with E-state index in [1.165, 1.54) is 0 Å². The Balaban J connectivity index is 1.47. The van der Waals surface area contributed by atoms with Crippen LogP contribution in [0.4, 0.5) is 5.95 Å². The standard InChI is InChI=1S/C24H19N5O3S/c1-31-14-9-10-16(20(12-14)32-2)22-26-24(29-28-22)27-23(30)17-13-19(21-8-5-11-33-21)25-18-7-4-3-6-15(17)18/h3-13H,1-2H3,(H2,26,27,28,29,30). The van der Waals surface area contributed by atoms with Crippen LogP contribution in [0.15, 0.2) is 66.0 Å². The van der Waals surface area contributed by atoms with Crippen molar-refractivity contribution in [2.24, 2.45) is 0 Å². The van der Waals surface area contributed by atoms with Crippen LogP contribution in [0.1, 0.15) is 10.4 Å². The van der Waals surface area contributed by atoms with Crippen molar-refractivity contribution in [3.8, 4) is 33.5 Å². The number of hydrogen-bond donors (Lipinski definition) is 2. The molecule has 0 aliphatic rings. The number of aromatic nitrogens is 4. The number of benzene rings is 2. The van der Waals surface area contributed by atoms with Gasteiger partial charge in [0.15, 0.2) is 5.82 Å². The molecule has 5 aromatic rings. The molecule has 2 aromatic carbocycles. The maximum absolute atomic E-state index is 13.2. The number of anilines is 1. The molecule has 3 heterocycles. The lowest BCUT2D eigenvalue weighted by Gasteiger charge is -2.08. The zero-order valence-electron chi connectivity index (χ0n) is 17.8. The lowest BCUT2D eigenvalue weighted by atomic mass is 10.1. The molecule has 0 saturated carbocycles. The fourth-order valence-corrected chi connectivity index (χ4v) is 4.20. The van der Waals surface area contributed by atoms with Gasteiger partial charge < -0.3 is 9.47 Å². The summed E-state index contributed by atoms with van der Waals surface area (Å²) in [6, 6.07) is 18.7. The highest BCUT2D eigenvalue weighted by Crippen LogP contribution is 2.32. The first-order valence-electron chi connectivity index (χ1n) is 10.1. The van der Waals surface area contributed by atoms with E-state index in [9.17, 15) is 4.79 Å². The molecule has 0 radical (unpaired) electrons. The number of hydrogen-bond acceptors (Lipinski definition) is 7. The molecule has 8 nitrogen and oxygen atoms in total. The number of nitrogens with zero attached hydrogens (tertiary/aromatic N) is 3. The number of methoxy groups -OCH3 is 2. The predicted molar refractivity (Wildman–Crippen MR) is 128 cm³/mol. The van der Waals surface area contributed by atoms with Gasteiger partial charge in [0.2, 0.25) is 5.95 Å². The number of H-pyrrole nitrogens is 1. The minimum Gasteiger partial charge on any atom is -0.497 e. The first kappa shape index (κ1) is 20.7. The minimum atomic E-state index is -0.321. The lowest BCUT2D eigenvalue weighted by Crippen LogP contribution is -2.14. The second-order valence-electron chi connectivity index (χ2n) is 7.08. The number of carbonyl (C=O) groups excluding carboxylic acids is 1. The molecule has 0 saturated heterocycles. The van der Waals surface area contributed by atoms with E-state index in [4.69, 9.17) is 14.5 Å². The SMILES string of the molecule is COc1ccc(-c2nc(NC(=O)c3cc(-c4cccs4)nc4ccccc34)n[nH]2)c(OC)c1. The van der Waals surface area contributed by atoms with Crippen molar-refractivity contribution in [1.82, 2.24) is 20.2 Å². The molecule has 0 atom stereocenters. The number of ether oxygens (including phenoxy) is 2. The van der Waals surface area contributed by atoms with Crippen molar-refractivity contribution >= 4 is 34.1 Å². The van der Waals surface area contributed by atoms with Crippen LogP contribution >= 0.6 is 11.3 Å². The zero-order valence-corrected chi connectivity index (χ0v) is 18.6. The molecular weight excluding hydrogens is 438 g/mol. The van der Waals surface area contributed by atoms with Crippen LogP contribution in [-0.2, 0) is 0 Å². The Bertz CT molecular complexity index is 1450. The Labute approximate surface area is 193 Å². The number of nitrogens with one attached hydrogen (secondary N) is 2. The van der Waals surface area contributed by atoms with E-state index in [1.807, 2.05) is 47.8 Å². The summed E-state index contributed by atoms with van der Waals surface area (Å²) in [6.07, 6.45) is 0. The monoisotopic (exact) mass is 457 g/mol. The minimum absolute atomic E-state index is 0.159. The summed E-state index contributed by atoms with van der Waals surface area (Å²) in [4.78, 5) is 23.4. The van der Waals surface area contributed by atoms with Gasteiger partial charge in [-0.2, -0.15) is 4.98 Å². The van der Waals surface area contributed by atoms with Gasteiger partial charge in [0.05, 0.1) is 41.4 Å². The van der Waals surface area contributed by atoms with Gasteiger partial charge in [-0.3, -0.25) is 15.2 Å². The van der Waals surface area contributed by atoms with Gasteiger partial charge >= 0.3 is 0 Å². The predicted octanol–water partition coefficient (Wildman–Crippen LogP) is 5.02. The Morgan fingerprint density at radius 3 is 2.67 bits per heavy atom. The number of carbonyl (C=O) groups is 1. The second kappa shape index (κ2) is 8.71. The lowest BCUT2D eigenvalue weighted by molar-refractivity contribution is 0.102. The highest BCUT2D eigenvalue weighted by atomic mass is 32.1. The van der Waals surface area contributed by atoms with Crippen molar-refractivity contribution in [3.63, 3.8) is 0 Å². The molecule has 164 valence electrons. The number of thiophene rings is 1. The fourth-order valence-electron chi connectivity index (χ4n) is 3.51. The van der Waals surface area contributed by atoms with E-state index in [0.29, 0.717) is 28.5 Å². The highest BCUT2D eigenvalue weighted by molar-refractivity contribution is 7.13. The average molecular weight is 458 g/mol. The molecule has 33 heavy (non-hydrogen) atoms. The topological polar surface area (TPSA) is 102 Å². The number of fused-ring (bicyclic) bond motifs is 1. The van der Waals surface area contributed by atoms with Gasteiger partial charge in [-0.05, 0) is 35.7 Å². The van der Waals surface area contributed by atoms with Crippen molar-refractivity contribution in [3.05, 3.63) is 71.6 Å². The molecule has 9 heteroatoms. The van der Waals surface area contributed by atoms with Gasteiger partial charge in [-0.25, -0.2) is 4.98 Å². The molecule has 0 bridgehead atoms. The summed E-state index contributed by atoms with van der Waals surface area (Å²) < 4.78 is 10.7. The van der Waals surface area contributed by atoms with Crippen molar-refractivity contribution in [1.29, 1.82) is 0 Å². The van der Waals surface area contributed by atoms with Crippen LogP contribution in [0.25, 0.3) is 32.9 Å². The number of aromatic amines is 1. The highest BCUT2D eigenvalue weighted by Gasteiger charge is 2.18. The smallest absolute Gasteiger partial charge is 0.258 e. The largest absolute Gasteiger partial charge is 0.497 e. The Kier molecular flexibility index (Phi) is 5.45. The average Bonchev–Trinajstić information content (AvgIpc) is 3.55. The third-order valence-electron chi connectivity index (χ3n) is 5.11. The molecule has 0 fully saturated rings. The quantitative estimate of drug-likeness (QED) is 0.371. The summed E-state index contributed by atoms with van der Waals surface area (Å²) >= 11 is 1.57. The molecular formula is C24H19N5O3S. The summed E-state index contributed by atoms with van der Waals surface area (Å²) in [5, 5.41) is 12.5. The summed E-state index contributed by atoms with van der Waals surface area (Å²) in [6.45, 7) is 0. The molecule has 3 aromatic heterocycles. The molecule has 0 aliphatic carbocycles. The Morgan fingerprint density at radius 1 is 1.00 bits per heavy atom. The molecule has 2 N–H and O–H groups in total. The normalized spacial score (nSPS) is 10.8. The molecule has 0 spiro atoms. The molecule has 1 amide bonds. The van der Waals surface area contributed by atoms with Crippen LogP contribution in [0.5, 0.6) is 11.5 Å². The van der Waals surface area contributed by atoms with E-state index < -0.39 is 0 Å². The first-order valence-corrected chi connectivity index (χ1v) is 10.9. The summed E-state index contributed by atoms with van der Waals surface area (Å²) in [7, 11) is 3.15. The van der Waals surface area contributed by atoms with Crippen LogP contribution in [0.2, 0.25) is 0 Å². The molecule has 0 unspecified atom stereocenters. The van der Waals surface area contributed by atoms with Gasteiger partial charge in [0.1, 0.15) is 11.5 Å². The van der Waals surface area contributed by atoms with Gasteiger partial charge in [0.25, 0.3) is 5.91 Å². The number of amides is 1. The van der Waals surface area contributed by atoms with Crippen molar-refractivity contribution in [2.45, 2.75) is 0 Å². The van der Waals surface area contributed by atoms with Gasteiger partial charge in [-0.15, -0.1) is 16.4 Å². The fraction of sp³-hybridized carbons (Fsp3) is 0.0833. The number of para-hydroxylation sites is 1. The Morgan fingerprint density at radius 2 is 1.88 bits per heavy atom. The third kappa shape index (κ3) is 4.01. The van der Waals surface area contributed by atoms with E-state index in [0.717, 1.165) is 21.5 Å². The van der Waals surface area contributed by atoms with Crippen molar-refractivity contribution in [2.75, 3.05) is 19.5 Å². The third-order valence-corrected chi connectivity index (χ3v) is 6.00. The second-order valence-corrected chi connectivity index (χ2v) is 8.03. The van der Waals surface area contributed by atoms with Gasteiger partial charge in [0, 0.05) is 11.5 Å². The summed E-state index contributed by atoms with van der Waals surface area (Å²) in [5.41, 5.74) is 2.68. The van der Waals surface area contributed by atoms with Crippen molar-refractivity contribution < 1.29 is 14.3 Å². The zero-order chi connectivity index (χ0) is 22.8. The first-order chi connectivity index (χ1) is 16.2. The maximum atomic E-state index is 13.2. The molecule has 5 rings (SSSR count). The van der Waals surface area contributed by atoms with Gasteiger partial charge in [-0.1, -0.05) is 24.3 Å². The maximum Gasteiger partial charge on any atom is 0.258 e. The van der Waals surface area contributed by atoms with E-state index in [2.05, 4.69) is 20.5 Å². The van der Waals surface area contributed by atoms with E-state index in [1.54, 1.807) is 43.8 Å². The summed E-state index contributed by atoms with van der Waals surface area (Å²) in [5.74, 6) is 1.53. The van der Waals surface area contributed by atoms with Crippen LogP contribution < -0.4 is 14.8 Å².